The zero-order valence-corrected chi connectivity index (χ0v) is 9.83. The number of carbonyl (C=O) groups is 1. The molecule has 4 heteroatoms. The van der Waals surface area contributed by atoms with Gasteiger partial charge in [0, 0.05) is 5.69 Å². The Kier molecular flexibility index (Phi) is 5.79. The molecule has 1 rings (SSSR count). The van der Waals surface area contributed by atoms with Crippen LogP contribution in [0.3, 0.4) is 0 Å². The van der Waals surface area contributed by atoms with Crippen molar-refractivity contribution < 1.29 is 39.5 Å². The molecule has 0 aliphatic rings. The van der Waals surface area contributed by atoms with Crippen LogP contribution >= 0.6 is 0 Å². The van der Waals surface area contributed by atoms with Crippen molar-refractivity contribution >= 4 is 11.7 Å². The van der Waals surface area contributed by atoms with Crippen LogP contribution < -0.4 is 40.0 Å². The number of aryl methyl sites for hydroxylation is 1. The standard InChI is InChI=1S/C9H11NO2.Na/c1-7-2-4-8(5-3-7)10-6-9(11)12;/h2-5,10H,6H2,1H3,(H,11,12);/q;+1/p-1. The average molecular weight is 187 g/mol. The average Bonchev–Trinajstić information content (AvgIpc) is 2.03. The van der Waals surface area contributed by atoms with Crippen molar-refractivity contribution in [1.82, 2.24) is 0 Å². The second-order valence-corrected chi connectivity index (χ2v) is 2.59. The van der Waals surface area contributed by atoms with E-state index >= 15 is 0 Å². The molecule has 3 nitrogen and oxygen atoms in total. The van der Waals surface area contributed by atoms with Crippen molar-refractivity contribution in [3.63, 3.8) is 0 Å². The summed E-state index contributed by atoms with van der Waals surface area (Å²) in [4.78, 5) is 10.1. The molecular weight excluding hydrogens is 177 g/mol. The van der Waals surface area contributed by atoms with E-state index in [9.17, 15) is 9.90 Å². The number of hydrogen-bond acceptors (Lipinski definition) is 3. The van der Waals surface area contributed by atoms with E-state index < -0.39 is 5.97 Å². The summed E-state index contributed by atoms with van der Waals surface area (Å²) in [6.07, 6.45) is 0. The molecule has 0 spiro atoms. The molecule has 0 radical (unpaired) electrons. The van der Waals surface area contributed by atoms with E-state index in [0.29, 0.717) is 0 Å². The molecule has 0 fully saturated rings. The minimum Gasteiger partial charge on any atom is -0.548 e. The molecule has 1 N–H and O–H groups in total. The molecule has 0 aliphatic carbocycles. The molecule has 0 unspecified atom stereocenters. The van der Waals surface area contributed by atoms with Crippen LogP contribution in [0, 0.1) is 6.92 Å². The van der Waals surface area contributed by atoms with E-state index in [1.54, 1.807) is 0 Å². The molecule has 0 saturated carbocycles. The van der Waals surface area contributed by atoms with Gasteiger partial charge in [0.1, 0.15) is 0 Å². The Morgan fingerprint density at radius 1 is 1.38 bits per heavy atom. The first kappa shape index (κ1) is 12.5. The molecule has 0 aliphatic heterocycles. The van der Waals surface area contributed by atoms with Crippen LogP contribution in [0.1, 0.15) is 5.56 Å². The van der Waals surface area contributed by atoms with Gasteiger partial charge in [0.2, 0.25) is 0 Å². The number of nitrogens with one attached hydrogen (secondary N) is 1. The fourth-order valence-corrected chi connectivity index (χ4v) is 0.846. The fourth-order valence-electron chi connectivity index (χ4n) is 0.846. The van der Waals surface area contributed by atoms with E-state index in [2.05, 4.69) is 5.32 Å². The number of anilines is 1. The molecule has 0 aromatic heterocycles. The van der Waals surface area contributed by atoms with Gasteiger partial charge in [-0.1, -0.05) is 17.7 Å². The Balaban J connectivity index is 0.00000144. The molecule has 0 amide bonds. The van der Waals surface area contributed by atoms with Crippen molar-refractivity contribution in [2.75, 3.05) is 11.9 Å². The first-order valence-corrected chi connectivity index (χ1v) is 3.69. The van der Waals surface area contributed by atoms with Gasteiger partial charge in [-0.25, -0.2) is 0 Å². The van der Waals surface area contributed by atoms with Crippen LogP contribution in [-0.4, -0.2) is 12.5 Å². The zero-order valence-electron chi connectivity index (χ0n) is 7.83. The summed E-state index contributed by atoms with van der Waals surface area (Å²) in [5.74, 6) is -1.10. The van der Waals surface area contributed by atoms with E-state index in [1.165, 1.54) is 0 Å². The first-order valence-electron chi connectivity index (χ1n) is 3.69. The molecule has 0 saturated heterocycles. The number of carboxylic acids is 1. The number of hydrogen-bond donors (Lipinski definition) is 1. The van der Waals surface area contributed by atoms with E-state index in [-0.39, 0.29) is 36.1 Å². The minimum absolute atomic E-state index is 0. The summed E-state index contributed by atoms with van der Waals surface area (Å²) >= 11 is 0. The van der Waals surface area contributed by atoms with Crippen LogP contribution in [0.25, 0.3) is 0 Å². The minimum atomic E-state index is -1.10. The molecule has 13 heavy (non-hydrogen) atoms. The SMILES string of the molecule is Cc1ccc(NCC(=O)[O-])cc1.[Na+]. The summed E-state index contributed by atoms with van der Waals surface area (Å²) in [5, 5.41) is 12.8. The Morgan fingerprint density at radius 3 is 2.38 bits per heavy atom. The van der Waals surface area contributed by atoms with Gasteiger partial charge in [-0.05, 0) is 19.1 Å². The normalized spacial score (nSPS) is 8.69. The molecular formula is C9H10NNaO2. The third-order valence-electron chi connectivity index (χ3n) is 1.49. The van der Waals surface area contributed by atoms with Gasteiger partial charge in [0.15, 0.2) is 0 Å². The molecule has 0 heterocycles. The van der Waals surface area contributed by atoms with Crippen LogP contribution in [0.15, 0.2) is 24.3 Å². The summed E-state index contributed by atoms with van der Waals surface area (Å²) in [7, 11) is 0. The van der Waals surface area contributed by atoms with Crippen molar-refractivity contribution in [2.24, 2.45) is 0 Å². The Bertz CT molecular complexity index is 271. The summed E-state index contributed by atoms with van der Waals surface area (Å²) in [5.41, 5.74) is 1.94. The van der Waals surface area contributed by atoms with Gasteiger partial charge < -0.3 is 15.2 Å². The predicted molar refractivity (Wildman–Crippen MR) is 44.7 cm³/mol. The van der Waals surface area contributed by atoms with E-state index in [4.69, 9.17) is 0 Å². The topological polar surface area (TPSA) is 52.2 Å². The number of aliphatic carboxylic acids is 1. The Labute approximate surface area is 99.4 Å². The van der Waals surface area contributed by atoms with Crippen molar-refractivity contribution in [1.29, 1.82) is 0 Å². The Morgan fingerprint density at radius 2 is 1.92 bits per heavy atom. The van der Waals surface area contributed by atoms with Crippen molar-refractivity contribution in [3.05, 3.63) is 29.8 Å². The van der Waals surface area contributed by atoms with Gasteiger partial charge in [-0.2, -0.15) is 0 Å². The number of benzene rings is 1. The number of carboxylic acid groups (broad SMARTS) is 1. The summed E-state index contributed by atoms with van der Waals surface area (Å²) in [6.45, 7) is 1.82. The molecule has 0 atom stereocenters. The maximum Gasteiger partial charge on any atom is 1.00 e. The smallest absolute Gasteiger partial charge is 0.548 e. The summed E-state index contributed by atoms with van der Waals surface area (Å²) < 4.78 is 0. The molecule has 64 valence electrons. The third-order valence-corrected chi connectivity index (χ3v) is 1.49. The second-order valence-electron chi connectivity index (χ2n) is 2.59. The first-order chi connectivity index (χ1) is 5.68. The van der Waals surface area contributed by atoms with Crippen LogP contribution in [0.5, 0.6) is 0 Å². The van der Waals surface area contributed by atoms with Crippen LogP contribution in [0.4, 0.5) is 5.69 Å². The molecule has 0 bridgehead atoms. The van der Waals surface area contributed by atoms with Gasteiger partial charge in [0.25, 0.3) is 0 Å². The largest absolute Gasteiger partial charge is 1.00 e. The maximum atomic E-state index is 10.1. The van der Waals surface area contributed by atoms with E-state index in [1.807, 2.05) is 31.2 Å². The van der Waals surface area contributed by atoms with Crippen LogP contribution in [-0.2, 0) is 4.79 Å². The molecule has 1 aromatic rings. The zero-order chi connectivity index (χ0) is 8.97. The van der Waals surface area contributed by atoms with Gasteiger partial charge in [0.05, 0.1) is 12.5 Å². The maximum absolute atomic E-state index is 10.1. The second kappa shape index (κ2) is 6.02. The van der Waals surface area contributed by atoms with Crippen molar-refractivity contribution in [2.45, 2.75) is 6.92 Å². The van der Waals surface area contributed by atoms with Crippen molar-refractivity contribution in [3.8, 4) is 0 Å². The number of carbonyl (C=O) groups excluding carboxylic acids is 1. The quantitative estimate of drug-likeness (QED) is 0.519. The fraction of sp³-hybridized carbons (Fsp3) is 0.222. The molecule has 1 aromatic carbocycles. The third kappa shape index (κ3) is 4.93. The number of rotatable bonds is 3. The summed E-state index contributed by atoms with van der Waals surface area (Å²) in [6, 6.07) is 7.49. The van der Waals surface area contributed by atoms with Gasteiger partial charge in [-0.3, -0.25) is 0 Å². The monoisotopic (exact) mass is 187 g/mol. The van der Waals surface area contributed by atoms with Crippen LogP contribution in [0.2, 0.25) is 0 Å². The van der Waals surface area contributed by atoms with E-state index in [0.717, 1.165) is 11.3 Å². The Hall–Kier alpha value is -0.510. The van der Waals surface area contributed by atoms with Gasteiger partial charge in [-0.15, -0.1) is 0 Å². The predicted octanol–water partition coefficient (Wildman–Crippen LogP) is -2.84. The van der Waals surface area contributed by atoms with Gasteiger partial charge >= 0.3 is 29.6 Å².